The topological polar surface area (TPSA) is 70.7 Å². The molecule has 3 rings (SSSR count). The van der Waals surface area contributed by atoms with Crippen LogP contribution >= 0.6 is 12.4 Å². The number of benzene rings is 1. The number of halogens is 1. The molecule has 6 nitrogen and oxygen atoms in total. The highest BCUT2D eigenvalue weighted by Gasteiger charge is 2.38. The lowest BCUT2D eigenvalue weighted by Gasteiger charge is -2.39. The van der Waals surface area contributed by atoms with Crippen molar-refractivity contribution in [2.75, 3.05) is 33.3 Å². The van der Waals surface area contributed by atoms with Crippen LogP contribution in [0.1, 0.15) is 44.2 Å². The van der Waals surface area contributed by atoms with E-state index in [0.717, 1.165) is 50.3 Å². The smallest absolute Gasteiger partial charge is 0.224 e. The highest BCUT2D eigenvalue weighted by molar-refractivity contribution is 5.85. The van der Waals surface area contributed by atoms with Gasteiger partial charge in [0.25, 0.3) is 0 Å². The first-order valence-electron chi connectivity index (χ1n) is 9.41. The molecule has 2 amide bonds. The Hall–Kier alpha value is -1.79. The summed E-state index contributed by atoms with van der Waals surface area (Å²) in [4.78, 5) is 26.4. The molecule has 2 heterocycles. The third-order valence-corrected chi connectivity index (χ3v) is 5.78. The monoisotopic (exact) mass is 395 g/mol. The van der Waals surface area contributed by atoms with Crippen molar-refractivity contribution >= 4 is 24.2 Å². The average Bonchev–Trinajstić information content (AvgIpc) is 3.09. The average molecular weight is 396 g/mol. The quantitative estimate of drug-likeness (QED) is 0.802. The van der Waals surface area contributed by atoms with Gasteiger partial charge in [-0.25, -0.2) is 0 Å². The van der Waals surface area contributed by atoms with E-state index in [9.17, 15) is 9.59 Å². The van der Waals surface area contributed by atoms with Gasteiger partial charge >= 0.3 is 0 Å². The molecule has 2 aliphatic heterocycles. The minimum Gasteiger partial charge on any atom is -0.497 e. The third kappa shape index (κ3) is 5.36. The Labute approximate surface area is 167 Å². The maximum absolute atomic E-state index is 12.8. The van der Waals surface area contributed by atoms with Gasteiger partial charge in [-0.15, -0.1) is 12.4 Å². The highest BCUT2D eigenvalue weighted by Crippen LogP contribution is 2.37. The van der Waals surface area contributed by atoms with E-state index in [-0.39, 0.29) is 36.7 Å². The molecule has 2 fully saturated rings. The van der Waals surface area contributed by atoms with Crippen LogP contribution in [0.4, 0.5) is 0 Å². The van der Waals surface area contributed by atoms with Gasteiger partial charge in [0.1, 0.15) is 5.75 Å². The summed E-state index contributed by atoms with van der Waals surface area (Å²) in [6.45, 7) is 5.29. The number of hydrogen-bond acceptors (Lipinski definition) is 4. The van der Waals surface area contributed by atoms with E-state index >= 15 is 0 Å². The molecule has 7 heteroatoms. The van der Waals surface area contributed by atoms with Gasteiger partial charge < -0.3 is 20.3 Å². The van der Waals surface area contributed by atoms with Crippen LogP contribution < -0.4 is 15.4 Å². The second kappa shape index (κ2) is 9.42. The third-order valence-electron chi connectivity index (χ3n) is 5.78. The summed E-state index contributed by atoms with van der Waals surface area (Å²) >= 11 is 0. The minimum atomic E-state index is -0.310. The molecular weight excluding hydrogens is 366 g/mol. The van der Waals surface area contributed by atoms with Crippen molar-refractivity contribution < 1.29 is 14.3 Å². The fourth-order valence-electron chi connectivity index (χ4n) is 4.09. The van der Waals surface area contributed by atoms with Crippen molar-refractivity contribution in [3.8, 4) is 5.75 Å². The van der Waals surface area contributed by atoms with Crippen LogP contribution in [0, 0.1) is 5.41 Å². The second-order valence-corrected chi connectivity index (χ2v) is 7.54. The van der Waals surface area contributed by atoms with E-state index in [1.165, 1.54) is 13.3 Å². The molecular formula is C20H30ClN3O3. The van der Waals surface area contributed by atoms with E-state index in [1.807, 2.05) is 29.2 Å². The van der Waals surface area contributed by atoms with Gasteiger partial charge in [-0.2, -0.15) is 0 Å². The van der Waals surface area contributed by atoms with Crippen molar-refractivity contribution in [3.05, 3.63) is 29.8 Å². The van der Waals surface area contributed by atoms with Gasteiger partial charge in [0, 0.05) is 26.6 Å². The fraction of sp³-hybridized carbons (Fsp3) is 0.600. The van der Waals surface area contributed by atoms with Crippen LogP contribution in [0.2, 0.25) is 0 Å². The van der Waals surface area contributed by atoms with Crippen LogP contribution in [0.25, 0.3) is 0 Å². The molecule has 0 aliphatic carbocycles. The highest BCUT2D eigenvalue weighted by atomic mass is 35.5. The molecule has 1 unspecified atom stereocenters. The van der Waals surface area contributed by atoms with Crippen molar-refractivity contribution in [3.63, 3.8) is 0 Å². The SMILES string of the molecule is COc1ccc(C(CC(=O)N2CCC3(CCNC3)CC2)NC(C)=O)cc1.Cl. The van der Waals surface area contributed by atoms with E-state index < -0.39 is 0 Å². The molecule has 1 atom stereocenters. The lowest BCUT2D eigenvalue weighted by Crippen LogP contribution is -2.45. The molecule has 0 bridgehead atoms. The van der Waals surface area contributed by atoms with Gasteiger partial charge in [0.05, 0.1) is 19.6 Å². The van der Waals surface area contributed by atoms with E-state index in [0.29, 0.717) is 5.41 Å². The number of piperidine rings is 1. The Morgan fingerprint density at radius 3 is 2.41 bits per heavy atom. The summed E-state index contributed by atoms with van der Waals surface area (Å²) in [7, 11) is 1.62. The zero-order chi connectivity index (χ0) is 18.6. The van der Waals surface area contributed by atoms with Gasteiger partial charge in [-0.3, -0.25) is 9.59 Å². The molecule has 27 heavy (non-hydrogen) atoms. The molecule has 2 saturated heterocycles. The molecule has 150 valence electrons. The van der Waals surface area contributed by atoms with Crippen molar-refractivity contribution in [2.24, 2.45) is 5.41 Å². The Kier molecular flexibility index (Phi) is 7.50. The first-order valence-corrected chi connectivity index (χ1v) is 9.41. The predicted molar refractivity (Wildman–Crippen MR) is 107 cm³/mol. The summed E-state index contributed by atoms with van der Waals surface area (Å²) in [5.41, 5.74) is 1.31. The first-order chi connectivity index (χ1) is 12.5. The number of likely N-dealkylation sites (tertiary alicyclic amines) is 1. The number of methoxy groups -OCH3 is 1. The summed E-state index contributed by atoms with van der Waals surface area (Å²) < 4.78 is 5.18. The van der Waals surface area contributed by atoms with Gasteiger partial charge in [0.2, 0.25) is 11.8 Å². The van der Waals surface area contributed by atoms with Crippen molar-refractivity contribution in [2.45, 2.75) is 38.6 Å². The maximum atomic E-state index is 12.8. The van der Waals surface area contributed by atoms with E-state index in [4.69, 9.17) is 4.74 Å². The Bertz CT molecular complexity index is 634. The maximum Gasteiger partial charge on any atom is 0.224 e. The Morgan fingerprint density at radius 2 is 1.89 bits per heavy atom. The first kappa shape index (κ1) is 21.5. The zero-order valence-corrected chi connectivity index (χ0v) is 16.9. The van der Waals surface area contributed by atoms with Gasteiger partial charge in [-0.1, -0.05) is 12.1 Å². The van der Waals surface area contributed by atoms with Gasteiger partial charge in [0.15, 0.2) is 0 Å². The molecule has 0 radical (unpaired) electrons. The normalized spacial score (nSPS) is 19.3. The summed E-state index contributed by atoms with van der Waals surface area (Å²) in [6.07, 6.45) is 3.64. The van der Waals surface area contributed by atoms with Crippen molar-refractivity contribution in [1.82, 2.24) is 15.5 Å². The van der Waals surface area contributed by atoms with Crippen LogP contribution in [-0.4, -0.2) is 50.0 Å². The fourth-order valence-corrected chi connectivity index (χ4v) is 4.09. The predicted octanol–water partition coefficient (Wildman–Crippen LogP) is 2.29. The molecule has 1 aromatic carbocycles. The number of ether oxygens (including phenoxy) is 1. The standard InChI is InChI=1S/C20H29N3O3.ClH/c1-15(24)22-18(16-3-5-17(26-2)6-4-16)13-19(25)23-11-8-20(9-12-23)7-10-21-14-20;/h3-6,18,21H,7-14H2,1-2H3,(H,22,24);1H. The Morgan fingerprint density at radius 1 is 1.22 bits per heavy atom. The summed E-state index contributed by atoms with van der Waals surface area (Å²) in [5.74, 6) is 0.738. The molecule has 1 aromatic rings. The lowest BCUT2D eigenvalue weighted by atomic mass is 9.78. The molecule has 1 spiro atoms. The number of nitrogens with zero attached hydrogens (tertiary/aromatic N) is 1. The minimum absolute atomic E-state index is 0. The summed E-state index contributed by atoms with van der Waals surface area (Å²) in [5, 5.41) is 6.37. The number of carbonyl (C=O) groups excluding carboxylic acids is 2. The zero-order valence-electron chi connectivity index (χ0n) is 16.1. The van der Waals surface area contributed by atoms with Crippen LogP contribution in [0.3, 0.4) is 0 Å². The molecule has 2 N–H and O–H groups in total. The van der Waals surface area contributed by atoms with Gasteiger partial charge in [-0.05, 0) is 48.9 Å². The van der Waals surface area contributed by atoms with Crippen molar-refractivity contribution in [1.29, 1.82) is 0 Å². The van der Waals surface area contributed by atoms with E-state index in [2.05, 4.69) is 10.6 Å². The lowest BCUT2D eigenvalue weighted by molar-refractivity contribution is -0.134. The van der Waals surface area contributed by atoms with Crippen LogP contribution in [-0.2, 0) is 9.59 Å². The largest absolute Gasteiger partial charge is 0.497 e. The number of hydrogen-bond donors (Lipinski definition) is 2. The number of carbonyl (C=O) groups is 2. The Balaban J connectivity index is 0.00000261. The molecule has 0 saturated carbocycles. The van der Waals surface area contributed by atoms with E-state index in [1.54, 1.807) is 7.11 Å². The molecule has 0 aromatic heterocycles. The number of rotatable bonds is 5. The number of nitrogens with one attached hydrogen (secondary N) is 2. The van der Waals surface area contributed by atoms with Crippen LogP contribution in [0.5, 0.6) is 5.75 Å². The van der Waals surface area contributed by atoms with Crippen LogP contribution in [0.15, 0.2) is 24.3 Å². The number of amides is 2. The summed E-state index contributed by atoms with van der Waals surface area (Å²) in [6, 6.07) is 7.21. The molecule has 2 aliphatic rings. The second-order valence-electron chi connectivity index (χ2n) is 7.54.